The minimum absolute atomic E-state index is 0.0817. The average molecular weight is 436 g/mol. The summed E-state index contributed by atoms with van der Waals surface area (Å²) in [5, 5.41) is 0. The van der Waals surface area contributed by atoms with Crippen molar-refractivity contribution in [3.63, 3.8) is 0 Å². The molecule has 2 heterocycles. The second-order valence-corrected chi connectivity index (χ2v) is 8.61. The molecule has 2 saturated heterocycles. The Morgan fingerprint density at radius 2 is 1.66 bits per heavy atom. The van der Waals surface area contributed by atoms with Gasteiger partial charge in [-0.05, 0) is 30.0 Å². The van der Waals surface area contributed by atoms with Gasteiger partial charge in [0.05, 0.1) is 13.2 Å². The Bertz CT molecular complexity index is 894. The molecule has 2 amide bonds. The van der Waals surface area contributed by atoms with E-state index in [4.69, 9.17) is 4.74 Å². The smallest absolute Gasteiger partial charge is 0.242 e. The minimum atomic E-state index is 0.0817. The molecule has 6 nitrogen and oxygen atoms in total. The lowest BCUT2D eigenvalue weighted by molar-refractivity contribution is -0.139. The molecule has 0 atom stereocenters. The van der Waals surface area contributed by atoms with Crippen molar-refractivity contribution >= 4 is 11.8 Å². The number of carbonyl (C=O) groups is 2. The van der Waals surface area contributed by atoms with Crippen LogP contribution in [0.1, 0.15) is 30.4 Å². The number of rotatable bonds is 9. The van der Waals surface area contributed by atoms with Gasteiger partial charge in [0.25, 0.3) is 0 Å². The van der Waals surface area contributed by atoms with Crippen LogP contribution in [0.2, 0.25) is 0 Å². The van der Waals surface area contributed by atoms with Crippen LogP contribution in [0.3, 0.4) is 0 Å². The van der Waals surface area contributed by atoms with E-state index in [0.29, 0.717) is 13.0 Å². The first-order valence-electron chi connectivity index (χ1n) is 11.7. The van der Waals surface area contributed by atoms with Crippen LogP contribution in [0.15, 0.2) is 54.6 Å². The normalized spacial score (nSPS) is 17.1. The van der Waals surface area contributed by atoms with Crippen molar-refractivity contribution in [2.45, 2.75) is 25.7 Å². The van der Waals surface area contributed by atoms with Crippen molar-refractivity contribution in [2.24, 2.45) is 0 Å². The number of amides is 2. The van der Waals surface area contributed by atoms with Crippen LogP contribution in [0, 0.1) is 0 Å². The molecule has 0 radical (unpaired) electrons. The van der Waals surface area contributed by atoms with E-state index in [1.807, 2.05) is 23.1 Å². The Morgan fingerprint density at radius 1 is 0.906 bits per heavy atom. The van der Waals surface area contributed by atoms with Gasteiger partial charge < -0.3 is 14.5 Å². The van der Waals surface area contributed by atoms with Gasteiger partial charge in [-0.3, -0.25) is 14.5 Å². The first kappa shape index (κ1) is 22.3. The van der Waals surface area contributed by atoms with E-state index in [-0.39, 0.29) is 18.4 Å². The number of piperazine rings is 1. The molecule has 2 aromatic carbocycles. The van der Waals surface area contributed by atoms with Gasteiger partial charge in [-0.1, -0.05) is 48.5 Å². The quantitative estimate of drug-likeness (QED) is 0.569. The van der Waals surface area contributed by atoms with Gasteiger partial charge >= 0.3 is 0 Å². The van der Waals surface area contributed by atoms with Gasteiger partial charge in [0.15, 0.2) is 0 Å². The summed E-state index contributed by atoms with van der Waals surface area (Å²) in [4.78, 5) is 30.2. The molecule has 2 fully saturated rings. The topological polar surface area (TPSA) is 53.1 Å². The molecule has 0 spiro atoms. The highest BCUT2D eigenvalue weighted by Crippen LogP contribution is 2.21. The summed E-state index contributed by atoms with van der Waals surface area (Å²) < 4.78 is 6.12. The zero-order chi connectivity index (χ0) is 22.2. The lowest BCUT2D eigenvalue weighted by Crippen LogP contribution is -2.51. The molecule has 2 aliphatic heterocycles. The van der Waals surface area contributed by atoms with Gasteiger partial charge in [-0.25, -0.2) is 0 Å². The Morgan fingerprint density at radius 3 is 2.41 bits per heavy atom. The van der Waals surface area contributed by atoms with Gasteiger partial charge in [0, 0.05) is 52.1 Å². The summed E-state index contributed by atoms with van der Waals surface area (Å²) >= 11 is 0. The highest BCUT2D eigenvalue weighted by molar-refractivity contribution is 5.85. The molecule has 0 saturated carbocycles. The summed E-state index contributed by atoms with van der Waals surface area (Å²) in [5.41, 5.74) is 2.49. The molecule has 4 rings (SSSR count). The summed E-state index contributed by atoms with van der Waals surface area (Å²) in [6.07, 6.45) is 3.28. The van der Waals surface area contributed by atoms with E-state index in [2.05, 4.69) is 41.3 Å². The molecule has 0 aliphatic carbocycles. The van der Waals surface area contributed by atoms with Gasteiger partial charge in [0.2, 0.25) is 11.8 Å². The average Bonchev–Trinajstić information content (AvgIpc) is 3.23. The van der Waals surface area contributed by atoms with Crippen LogP contribution in [0.4, 0.5) is 0 Å². The molecule has 0 N–H and O–H groups in total. The fourth-order valence-corrected chi connectivity index (χ4v) is 4.43. The monoisotopic (exact) mass is 435 g/mol. The Balaban J connectivity index is 1.16. The van der Waals surface area contributed by atoms with Crippen molar-refractivity contribution in [2.75, 3.05) is 52.4 Å². The van der Waals surface area contributed by atoms with Crippen molar-refractivity contribution in [1.82, 2.24) is 14.7 Å². The predicted octanol–water partition coefficient (Wildman–Crippen LogP) is 2.81. The third kappa shape index (κ3) is 6.10. The Kier molecular flexibility index (Phi) is 7.77. The highest BCUT2D eigenvalue weighted by atomic mass is 16.5. The first-order valence-corrected chi connectivity index (χ1v) is 11.7. The molecule has 0 unspecified atom stereocenters. The van der Waals surface area contributed by atoms with Gasteiger partial charge in [0.1, 0.15) is 5.75 Å². The number of hydrogen-bond donors (Lipinski definition) is 0. The standard InChI is InChI=1S/C26H33N3O3/c30-25-12-6-14-29(25)21-26(31)28-17-15-27(16-18-28)13-7-19-32-24-11-5-4-10-23(24)20-22-8-2-1-3-9-22/h1-5,8-11H,6-7,12-21H2. The molecular formula is C26H33N3O3. The second kappa shape index (κ2) is 11.1. The van der Waals surface area contributed by atoms with Crippen LogP contribution < -0.4 is 4.74 Å². The summed E-state index contributed by atoms with van der Waals surface area (Å²) in [7, 11) is 0. The largest absolute Gasteiger partial charge is 0.493 e. The SMILES string of the molecule is O=C(CN1CCCC1=O)N1CCN(CCCOc2ccccc2Cc2ccccc2)CC1. The predicted molar refractivity (Wildman–Crippen MR) is 125 cm³/mol. The first-order chi connectivity index (χ1) is 15.7. The number of benzene rings is 2. The fraction of sp³-hybridized carbons (Fsp3) is 0.462. The highest BCUT2D eigenvalue weighted by Gasteiger charge is 2.26. The maximum Gasteiger partial charge on any atom is 0.242 e. The summed E-state index contributed by atoms with van der Waals surface area (Å²) in [6, 6.07) is 18.7. The van der Waals surface area contributed by atoms with E-state index in [9.17, 15) is 9.59 Å². The zero-order valence-corrected chi connectivity index (χ0v) is 18.7. The third-order valence-corrected chi connectivity index (χ3v) is 6.31. The van der Waals surface area contributed by atoms with E-state index < -0.39 is 0 Å². The van der Waals surface area contributed by atoms with Gasteiger partial charge in [-0.2, -0.15) is 0 Å². The van der Waals surface area contributed by atoms with Crippen molar-refractivity contribution in [3.05, 3.63) is 65.7 Å². The lowest BCUT2D eigenvalue weighted by atomic mass is 10.0. The number of ether oxygens (including phenoxy) is 1. The maximum absolute atomic E-state index is 12.5. The molecule has 2 aromatic rings. The van der Waals surface area contributed by atoms with Crippen LogP contribution in [-0.2, 0) is 16.0 Å². The number of hydrogen-bond acceptors (Lipinski definition) is 4. The fourth-order valence-electron chi connectivity index (χ4n) is 4.43. The van der Waals surface area contributed by atoms with Crippen molar-refractivity contribution in [1.29, 1.82) is 0 Å². The molecule has 170 valence electrons. The van der Waals surface area contributed by atoms with Crippen LogP contribution >= 0.6 is 0 Å². The van der Waals surface area contributed by atoms with E-state index in [1.54, 1.807) is 4.90 Å². The Hall–Kier alpha value is -2.86. The molecule has 0 aromatic heterocycles. The number of para-hydroxylation sites is 1. The maximum atomic E-state index is 12.5. The lowest BCUT2D eigenvalue weighted by Gasteiger charge is -2.35. The number of nitrogens with zero attached hydrogens (tertiary/aromatic N) is 3. The summed E-state index contributed by atoms with van der Waals surface area (Å²) in [6.45, 7) is 5.85. The number of likely N-dealkylation sites (tertiary alicyclic amines) is 1. The van der Waals surface area contributed by atoms with Crippen LogP contribution in [-0.4, -0.2) is 78.9 Å². The molecular weight excluding hydrogens is 402 g/mol. The molecule has 0 bridgehead atoms. The second-order valence-electron chi connectivity index (χ2n) is 8.61. The Labute approximate surface area is 190 Å². The van der Waals surface area contributed by atoms with Crippen LogP contribution in [0.5, 0.6) is 5.75 Å². The van der Waals surface area contributed by atoms with Crippen molar-refractivity contribution < 1.29 is 14.3 Å². The zero-order valence-electron chi connectivity index (χ0n) is 18.7. The molecule has 2 aliphatic rings. The third-order valence-electron chi connectivity index (χ3n) is 6.31. The molecule has 32 heavy (non-hydrogen) atoms. The minimum Gasteiger partial charge on any atom is -0.493 e. The molecule has 6 heteroatoms. The van der Waals surface area contributed by atoms with E-state index >= 15 is 0 Å². The van der Waals surface area contributed by atoms with Crippen LogP contribution in [0.25, 0.3) is 0 Å². The van der Waals surface area contributed by atoms with Gasteiger partial charge in [-0.15, -0.1) is 0 Å². The van der Waals surface area contributed by atoms with E-state index in [1.165, 1.54) is 11.1 Å². The van der Waals surface area contributed by atoms with E-state index in [0.717, 1.165) is 64.3 Å². The van der Waals surface area contributed by atoms with Crippen molar-refractivity contribution in [3.8, 4) is 5.75 Å². The number of carbonyl (C=O) groups excluding carboxylic acids is 2. The summed E-state index contributed by atoms with van der Waals surface area (Å²) in [5.74, 6) is 1.16.